The van der Waals surface area contributed by atoms with E-state index in [0.717, 1.165) is 28.1 Å². The van der Waals surface area contributed by atoms with Gasteiger partial charge < -0.3 is 15.0 Å². The number of carbonyl (C=O) groups is 2. The Balaban J connectivity index is 1.54. The minimum Gasteiger partial charge on any atom is -0.385 e. The average Bonchev–Trinajstić information content (AvgIpc) is 3.37. The molecule has 0 aliphatic rings. The third kappa shape index (κ3) is 7.24. The topological polar surface area (TPSA) is 76.5 Å². The van der Waals surface area contributed by atoms with Crippen LogP contribution in [-0.4, -0.2) is 53.3 Å². The van der Waals surface area contributed by atoms with Gasteiger partial charge in [-0.2, -0.15) is 5.10 Å². The van der Waals surface area contributed by atoms with E-state index in [2.05, 4.69) is 26.1 Å². The number of amides is 2. The highest BCUT2D eigenvalue weighted by molar-refractivity contribution is 5.99. The average molecular weight is 539 g/mol. The molecule has 1 aromatic heterocycles. The number of ether oxygens (including phenoxy) is 1. The van der Waals surface area contributed by atoms with E-state index in [-0.39, 0.29) is 23.8 Å². The summed E-state index contributed by atoms with van der Waals surface area (Å²) in [4.78, 5) is 28.4. The summed E-state index contributed by atoms with van der Waals surface area (Å²) in [5.74, 6) is 0.0731. The molecule has 208 valence electrons. The summed E-state index contributed by atoms with van der Waals surface area (Å²) < 4.78 is 6.95. The number of aryl methyl sites for hydroxylation is 1. The van der Waals surface area contributed by atoms with Crippen molar-refractivity contribution in [2.24, 2.45) is 0 Å². The Morgan fingerprint density at radius 3 is 2.20 bits per heavy atom. The minimum atomic E-state index is -0.291. The van der Waals surface area contributed by atoms with Gasteiger partial charge in [-0.1, -0.05) is 80.9 Å². The first-order valence-corrected chi connectivity index (χ1v) is 13.6. The van der Waals surface area contributed by atoms with Crippen LogP contribution in [0.1, 0.15) is 48.8 Å². The maximum atomic E-state index is 13.5. The van der Waals surface area contributed by atoms with Gasteiger partial charge in [0.1, 0.15) is 12.4 Å². The van der Waals surface area contributed by atoms with Gasteiger partial charge >= 0.3 is 0 Å². The molecule has 0 aliphatic heterocycles. The summed E-state index contributed by atoms with van der Waals surface area (Å²) in [5.41, 5.74) is 5.28. The molecule has 4 aromatic rings. The molecule has 40 heavy (non-hydrogen) atoms. The number of carbonyl (C=O) groups excluding carboxylic acids is 2. The Morgan fingerprint density at radius 2 is 1.57 bits per heavy atom. The lowest BCUT2D eigenvalue weighted by molar-refractivity contribution is -0.117. The maximum absolute atomic E-state index is 13.5. The standard InChI is InChI=1S/C33H38N4O3/c1-24-12-18-28(19-13-24)37-30(22-29(35-37)33(2,3)4)34-31(38)23-36(20-9-21-40-5)32(39)27-16-14-26(15-17-27)25-10-7-6-8-11-25/h6-8,10-19,22H,9,20-21,23H2,1-5H3,(H,34,38). The van der Waals surface area contributed by atoms with Crippen LogP contribution in [-0.2, 0) is 14.9 Å². The van der Waals surface area contributed by atoms with Crippen molar-refractivity contribution in [1.29, 1.82) is 0 Å². The van der Waals surface area contributed by atoms with E-state index in [1.165, 1.54) is 0 Å². The van der Waals surface area contributed by atoms with E-state index >= 15 is 0 Å². The Morgan fingerprint density at radius 1 is 0.925 bits per heavy atom. The normalized spacial score (nSPS) is 11.3. The summed E-state index contributed by atoms with van der Waals surface area (Å²) in [6, 6.07) is 27.4. The molecule has 0 unspecified atom stereocenters. The number of nitrogens with one attached hydrogen (secondary N) is 1. The van der Waals surface area contributed by atoms with Gasteiger partial charge in [-0.05, 0) is 48.7 Å². The van der Waals surface area contributed by atoms with Crippen molar-refractivity contribution in [1.82, 2.24) is 14.7 Å². The van der Waals surface area contributed by atoms with Crippen molar-refractivity contribution in [3.05, 3.63) is 102 Å². The van der Waals surface area contributed by atoms with Crippen molar-refractivity contribution in [3.8, 4) is 16.8 Å². The maximum Gasteiger partial charge on any atom is 0.254 e. The predicted octanol–water partition coefficient (Wildman–Crippen LogP) is 6.26. The van der Waals surface area contributed by atoms with E-state index in [9.17, 15) is 9.59 Å². The molecule has 0 spiro atoms. The molecule has 0 aliphatic carbocycles. The lowest BCUT2D eigenvalue weighted by atomic mass is 9.92. The zero-order valence-corrected chi connectivity index (χ0v) is 24.0. The van der Waals surface area contributed by atoms with E-state index < -0.39 is 0 Å². The summed E-state index contributed by atoms with van der Waals surface area (Å²) in [7, 11) is 1.63. The Kier molecular flexibility index (Phi) is 9.17. The third-order valence-electron chi connectivity index (χ3n) is 6.66. The summed E-state index contributed by atoms with van der Waals surface area (Å²) in [5, 5.41) is 7.81. The molecule has 0 saturated heterocycles. The smallest absolute Gasteiger partial charge is 0.254 e. The van der Waals surface area contributed by atoms with E-state index in [4.69, 9.17) is 9.84 Å². The van der Waals surface area contributed by atoms with E-state index in [1.807, 2.05) is 91.9 Å². The van der Waals surface area contributed by atoms with Gasteiger partial charge in [-0.25, -0.2) is 4.68 Å². The predicted molar refractivity (Wildman–Crippen MR) is 160 cm³/mol. The second kappa shape index (κ2) is 12.7. The van der Waals surface area contributed by atoms with Crippen LogP contribution < -0.4 is 5.32 Å². The fourth-order valence-corrected chi connectivity index (χ4v) is 4.35. The Hall–Kier alpha value is -4.23. The molecule has 0 saturated carbocycles. The molecule has 0 atom stereocenters. The molecule has 2 amide bonds. The number of rotatable bonds is 10. The highest BCUT2D eigenvalue weighted by Gasteiger charge is 2.23. The zero-order chi connectivity index (χ0) is 28.7. The number of aromatic nitrogens is 2. The quantitative estimate of drug-likeness (QED) is 0.242. The molecule has 0 bridgehead atoms. The van der Waals surface area contributed by atoms with Crippen LogP contribution >= 0.6 is 0 Å². The molecule has 4 rings (SSSR count). The summed E-state index contributed by atoms with van der Waals surface area (Å²) >= 11 is 0. The van der Waals surface area contributed by atoms with Crippen molar-refractivity contribution >= 4 is 17.6 Å². The monoisotopic (exact) mass is 538 g/mol. The van der Waals surface area contributed by atoms with Gasteiger partial charge in [-0.15, -0.1) is 0 Å². The molecule has 0 radical (unpaired) electrons. The van der Waals surface area contributed by atoms with Crippen LogP contribution in [0.15, 0.2) is 84.9 Å². The minimum absolute atomic E-state index is 0.0904. The van der Waals surface area contributed by atoms with Crippen molar-refractivity contribution in [2.75, 3.05) is 32.1 Å². The molecule has 3 aromatic carbocycles. The van der Waals surface area contributed by atoms with Gasteiger partial charge in [0.25, 0.3) is 5.91 Å². The lowest BCUT2D eigenvalue weighted by Gasteiger charge is -2.22. The molecule has 0 fully saturated rings. The molecule has 7 nitrogen and oxygen atoms in total. The molecule has 1 N–H and O–H groups in total. The van der Waals surface area contributed by atoms with Crippen molar-refractivity contribution < 1.29 is 14.3 Å². The van der Waals surface area contributed by atoms with Gasteiger partial charge in [-0.3, -0.25) is 9.59 Å². The molecular formula is C33H38N4O3. The second-order valence-corrected chi connectivity index (χ2v) is 11.0. The third-order valence-corrected chi connectivity index (χ3v) is 6.66. The highest BCUT2D eigenvalue weighted by atomic mass is 16.5. The number of hydrogen-bond acceptors (Lipinski definition) is 4. The van der Waals surface area contributed by atoms with Crippen LogP contribution in [0, 0.1) is 6.92 Å². The number of benzene rings is 3. The number of nitrogens with zero attached hydrogens (tertiary/aromatic N) is 3. The Bertz CT molecular complexity index is 1420. The first-order valence-electron chi connectivity index (χ1n) is 13.6. The molecular weight excluding hydrogens is 500 g/mol. The van der Waals surface area contributed by atoms with Crippen molar-refractivity contribution in [3.63, 3.8) is 0 Å². The van der Waals surface area contributed by atoms with Gasteiger partial charge in [0.2, 0.25) is 5.91 Å². The highest BCUT2D eigenvalue weighted by Crippen LogP contribution is 2.27. The van der Waals surface area contributed by atoms with Gasteiger partial charge in [0.15, 0.2) is 0 Å². The van der Waals surface area contributed by atoms with Gasteiger partial charge in [0, 0.05) is 37.3 Å². The molecule has 7 heteroatoms. The largest absolute Gasteiger partial charge is 0.385 e. The fourth-order valence-electron chi connectivity index (χ4n) is 4.35. The van der Waals surface area contributed by atoms with Crippen LogP contribution in [0.25, 0.3) is 16.8 Å². The fraction of sp³-hybridized carbons (Fsp3) is 0.303. The first-order chi connectivity index (χ1) is 19.2. The van der Waals surface area contributed by atoms with E-state index in [1.54, 1.807) is 16.7 Å². The first kappa shape index (κ1) is 28.8. The lowest BCUT2D eigenvalue weighted by Crippen LogP contribution is -2.39. The number of hydrogen-bond donors (Lipinski definition) is 1. The Labute approximate surface area is 236 Å². The van der Waals surface area contributed by atoms with Crippen LogP contribution in [0.2, 0.25) is 0 Å². The number of anilines is 1. The van der Waals surface area contributed by atoms with E-state index in [0.29, 0.717) is 31.0 Å². The van der Waals surface area contributed by atoms with Crippen LogP contribution in [0.4, 0.5) is 5.82 Å². The van der Waals surface area contributed by atoms with Crippen LogP contribution in [0.3, 0.4) is 0 Å². The van der Waals surface area contributed by atoms with Crippen molar-refractivity contribution in [2.45, 2.75) is 39.5 Å². The SMILES string of the molecule is COCCCN(CC(=O)Nc1cc(C(C)(C)C)nn1-c1ccc(C)cc1)C(=O)c1ccc(-c2ccccc2)cc1. The zero-order valence-electron chi connectivity index (χ0n) is 24.0. The summed E-state index contributed by atoms with van der Waals surface area (Å²) in [6.07, 6.45) is 0.618. The molecule has 1 heterocycles. The second-order valence-electron chi connectivity index (χ2n) is 11.0. The van der Waals surface area contributed by atoms with Crippen LogP contribution in [0.5, 0.6) is 0 Å². The summed E-state index contributed by atoms with van der Waals surface area (Å²) in [6.45, 7) is 9.07. The number of methoxy groups -OCH3 is 1. The van der Waals surface area contributed by atoms with Gasteiger partial charge in [0.05, 0.1) is 11.4 Å².